The standard InChI is InChI=1S/C17H30N4O/c22-16-15-13-21(12-11-20(15)10-9-19-16)14-1-3-17(4-2-14)5-7-18-8-6-17/h14-15,18H,1-13H2,(H,19,22)/t15-/m0/s1. The zero-order chi connectivity index (χ0) is 15.0. The van der Waals surface area contributed by atoms with Crippen molar-refractivity contribution in [2.24, 2.45) is 5.41 Å². The molecule has 0 aromatic rings. The van der Waals surface area contributed by atoms with Gasteiger partial charge in [-0.2, -0.15) is 0 Å². The van der Waals surface area contributed by atoms with Crippen molar-refractivity contribution in [3.63, 3.8) is 0 Å². The average Bonchev–Trinajstić information content (AvgIpc) is 2.57. The molecule has 1 spiro atoms. The molecule has 4 aliphatic rings. The molecule has 22 heavy (non-hydrogen) atoms. The molecule has 2 N–H and O–H groups in total. The molecule has 5 nitrogen and oxygen atoms in total. The molecule has 124 valence electrons. The molecular formula is C17H30N4O. The third kappa shape index (κ3) is 2.79. The van der Waals surface area contributed by atoms with E-state index in [1.807, 2.05) is 0 Å². The number of piperazine rings is 2. The fourth-order valence-electron chi connectivity index (χ4n) is 5.17. The fourth-order valence-corrected chi connectivity index (χ4v) is 5.17. The molecule has 1 saturated carbocycles. The number of fused-ring (bicyclic) bond motifs is 1. The van der Waals surface area contributed by atoms with Gasteiger partial charge >= 0.3 is 0 Å². The maximum atomic E-state index is 12.1. The van der Waals surface area contributed by atoms with Crippen LogP contribution in [0.15, 0.2) is 0 Å². The summed E-state index contributed by atoms with van der Waals surface area (Å²) in [5.41, 5.74) is 0.645. The van der Waals surface area contributed by atoms with Gasteiger partial charge in [0.05, 0.1) is 0 Å². The van der Waals surface area contributed by atoms with Crippen LogP contribution in [-0.4, -0.2) is 73.6 Å². The molecule has 0 aromatic heterocycles. The molecule has 3 aliphatic heterocycles. The summed E-state index contributed by atoms with van der Waals surface area (Å²) < 4.78 is 0. The molecule has 0 unspecified atom stereocenters. The zero-order valence-electron chi connectivity index (χ0n) is 13.6. The van der Waals surface area contributed by atoms with Crippen LogP contribution >= 0.6 is 0 Å². The van der Waals surface area contributed by atoms with Crippen LogP contribution in [0.1, 0.15) is 38.5 Å². The third-order valence-electron chi connectivity index (χ3n) is 6.72. The van der Waals surface area contributed by atoms with Crippen LogP contribution in [0, 0.1) is 5.41 Å². The van der Waals surface area contributed by atoms with Gasteiger partial charge in [-0.15, -0.1) is 0 Å². The number of carbonyl (C=O) groups excluding carboxylic acids is 1. The smallest absolute Gasteiger partial charge is 0.238 e. The van der Waals surface area contributed by atoms with E-state index in [4.69, 9.17) is 0 Å². The first-order valence-corrected chi connectivity index (χ1v) is 9.22. The minimum atomic E-state index is 0.109. The predicted molar refractivity (Wildman–Crippen MR) is 86.7 cm³/mol. The largest absolute Gasteiger partial charge is 0.353 e. The number of nitrogens with zero attached hydrogens (tertiary/aromatic N) is 2. The minimum Gasteiger partial charge on any atom is -0.353 e. The van der Waals surface area contributed by atoms with Crippen LogP contribution in [0.2, 0.25) is 0 Å². The van der Waals surface area contributed by atoms with Crippen LogP contribution in [-0.2, 0) is 4.79 Å². The van der Waals surface area contributed by atoms with Gasteiger partial charge in [0.2, 0.25) is 5.91 Å². The highest BCUT2D eigenvalue weighted by Crippen LogP contribution is 2.44. The first-order valence-electron chi connectivity index (χ1n) is 9.22. The van der Waals surface area contributed by atoms with Gasteiger partial charge in [-0.25, -0.2) is 0 Å². The number of nitrogens with one attached hydrogen (secondary N) is 2. The molecule has 0 aromatic carbocycles. The zero-order valence-corrected chi connectivity index (χ0v) is 13.6. The van der Waals surface area contributed by atoms with E-state index in [1.165, 1.54) is 51.6 Å². The van der Waals surface area contributed by atoms with Crippen molar-refractivity contribution in [1.82, 2.24) is 20.4 Å². The SMILES string of the molecule is O=C1NCCN2CCN(C3CCC4(CCNCC4)CC3)C[C@@H]12. The molecule has 1 atom stereocenters. The topological polar surface area (TPSA) is 47.6 Å². The molecule has 4 rings (SSSR count). The van der Waals surface area contributed by atoms with E-state index in [1.54, 1.807) is 0 Å². The average molecular weight is 306 g/mol. The van der Waals surface area contributed by atoms with Gasteiger partial charge in [0.1, 0.15) is 6.04 Å². The van der Waals surface area contributed by atoms with Gasteiger partial charge in [0.25, 0.3) is 0 Å². The monoisotopic (exact) mass is 306 g/mol. The van der Waals surface area contributed by atoms with Crippen molar-refractivity contribution < 1.29 is 4.79 Å². The highest BCUT2D eigenvalue weighted by molar-refractivity contribution is 5.82. The predicted octanol–water partition coefficient (Wildman–Crippen LogP) is 0.415. The Bertz CT molecular complexity index is 411. The van der Waals surface area contributed by atoms with Gasteiger partial charge < -0.3 is 10.6 Å². The van der Waals surface area contributed by atoms with Gasteiger partial charge in [-0.1, -0.05) is 0 Å². The van der Waals surface area contributed by atoms with Gasteiger partial charge in [-0.05, 0) is 57.0 Å². The van der Waals surface area contributed by atoms with Crippen molar-refractivity contribution in [2.45, 2.75) is 50.6 Å². The number of rotatable bonds is 1. The van der Waals surface area contributed by atoms with Gasteiger partial charge in [0, 0.05) is 38.8 Å². The fraction of sp³-hybridized carbons (Fsp3) is 0.941. The first kappa shape index (κ1) is 14.9. The number of hydrogen-bond donors (Lipinski definition) is 2. The molecule has 0 radical (unpaired) electrons. The Morgan fingerprint density at radius 3 is 2.41 bits per heavy atom. The maximum absolute atomic E-state index is 12.1. The lowest BCUT2D eigenvalue weighted by Crippen LogP contribution is -2.65. The Morgan fingerprint density at radius 1 is 0.909 bits per heavy atom. The molecule has 3 saturated heterocycles. The molecule has 5 heteroatoms. The van der Waals surface area contributed by atoms with E-state index in [0.717, 1.165) is 38.8 Å². The summed E-state index contributed by atoms with van der Waals surface area (Å²) in [6.07, 6.45) is 8.23. The van der Waals surface area contributed by atoms with Crippen LogP contribution in [0.5, 0.6) is 0 Å². The number of piperidine rings is 1. The number of amides is 1. The van der Waals surface area contributed by atoms with Crippen molar-refractivity contribution in [3.05, 3.63) is 0 Å². The van der Waals surface area contributed by atoms with E-state index in [2.05, 4.69) is 20.4 Å². The Hall–Kier alpha value is -0.650. The second-order valence-corrected chi connectivity index (χ2v) is 7.82. The third-order valence-corrected chi connectivity index (χ3v) is 6.72. The summed E-state index contributed by atoms with van der Waals surface area (Å²) in [5, 5.41) is 6.54. The van der Waals surface area contributed by atoms with E-state index in [9.17, 15) is 4.79 Å². The van der Waals surface area contributed by atoms with Crippen molar-refractivity contribution in [2.75, 3.05) is 45.8 Å². The summed E-state index contributed by atoms with van der Waals surface area (Å²) in [6.45, 7) is 7.47. The van der Waals surface area contributed by atoms with Gasteiger partial charge in [-0.3, -0.25) is 14.6 Å². The Morgan fingerprint density at radius 2 is 1.64 bits per heavy atom. The lowest BCUT2D eigenvalue weighted by Gasteiger charge is -2.49. The number of carbonyl (C=O) groups is 1. The second kappa shape index (κ2) is 6.10. The minimum absolute atomic E-state index is 0.109. The molecule has 4 fully saturated rings. The number of hydrogen-bond acceptors (Lipinski definition) is 4. The van der Waals surface area contributed by atoms with Crippen LogP contribution < -0.4 is 10.6 Å². The summed E-state index contributed by atoms with van der Waals surface area (Å²) in [6, 6.07) is 0.828. The summed E-state index contributed by atoms with van der Waals surface area (Å²) in [4.78, 5) is 17.1. The van der Waals surface area contributed by atoms with Crippen LogP contribution in [0.4, 0.5) is 0 Å². The summed E-state index contributed by atoms with van der Waals surface area (Å²) in [5.74, 6) is 0.251. The van der Waals surface area contributed by atoms with E-state index >= 15 is 0 Å². The van der Waals surface area contributed by atoms with Crippen LogP contribution in [0.25, 0.3) is 0 Å². The molecule has 1 aliphatic carbocycles. The van der Waals surface area contributed by atoms with Crippen molar-refractivity contribution in [1.29, 1.82) is 0 Å². The highest BCUT2D eigenvalue weighted by Gasteiger charge is 2.41. The summed E-state index contributed by atoms with van der Waals surface area (Å²) >= 11 is 0. The molecule has 1 amide bonds. The normalized spacial score (nSPS) is 34.4. The van der Waals surface area contributed by atoms with Gasteiger partial charge in [0.15, 0.2) is 0 Å². The molecular weight excluding hydrogens is 276 g/mol. The quantitative estimate of drug-likeness (QED) is 0.737. The maximum Gasteiger partial charge on any atom is 0.238 e. The Labute approximate surface area is 133 Å². The Balaban J connectivity index is 1.34. The second-order valence-electron chi connectivity index (χ2n) is 7.82. The lowest BCUT2D eigenvalue weighted by molar-refractivity contribution is -0.132. The summed E-state index contributed by atoms with van der Waals surface area (Å²) in [7, 11) is 0. The van der Waals surface area contributed by atoms with Crippen molar-refractivity contribution in [3.8, 4) is 0 Å². The van der Waals surface area contributed by atoms with Crippen LogP contribution in [0.3, 0.4) is 0 Å². The first-order chi connectivity index (χ1) is 10.8. The van der Waals surface area contributed by atoms with E-state index < -0.39 is 0 Å². The van der Waals surface area contributed by atoms with E-state index in [0.29, 0.717) is 5.41 Å². The Kier molecular flexibility index (Phi) is 4.13. The van der Waals surface area contributed by atoms with Crippen molar-refractivity contribution >= 4 is 5.91 Å². The molecule has 0 bridgehead atoms. The highest BCUT2D eigenvalue weighted by atomic mass is 16.2. The lowest BCUT2D eigenvalue weighted by atomic mass is 9.67. The molecule has 3 heterocycles. The van der Waals surface area contributed by atoms with E-state index in [-0.39, 0.29) is 11.9 Å².